The van der Waals surface area contributed by atoms with Crippen LogP contribution in [0.4, 0.5) is 0 Å². The van der Waals surface area contributed by atoms with Gasteiger partial charge in [-0.1, -0.05) is 43.0 Å². The number of nitrogens with zero attached hydrogens (tertiary/aromatic N) is 2. The molecule has 0 bridgehead atoms. The average Bonchev–Trinajstić information content (AvgIpc) is 2.90. The molecule has 0 amide bonds. The molecule has 3 rings (SSSR count). The molecule has 1 saturated carbocycles. The molecular formula is C15H17ClN2. The van der Waals surface area contributed by atoms with E-state index in [0.717, 1.165) is 5.02 Å². The Labute approximate surface area is 113 Å². The molecule has 0 spiro atoms. The monoisotopic (exact) mass is 260 g/mol. The second-order valence-electron chi connectivity index (χ2n) is 5.01. The fourth-order valence-electron chi connectivity index (χ4n) is 2.67. The third-order valence-electron chi connectivity index (χ3n) is 3.73. The lowest BCUT2D eigenvalue weighted by Gasteiger charge is -2.21. The van der Waals surface area contributed by atoms with Gasteiger partial charge in [-0.15, -0.1) is 0 Å². The third kappa shape index (κ3) is 2.44. The van der Waals surface area contributed by atoms with Gasteiger partial charge < -0.3 is 0 Å². The zero-order valence-corrected chi connectivity index (χ0v) is 11.1. The van der Waals surface area contributed by atoms with Crippen LogP contribution in [0.15, 0.2) is 36.7 Å². The molecule has 0 atom stereocenters. The standard InChI is InChI=1S/C15H17ClN2/c16-14-8-6-12(7-9-14)13-10-17-18(11-13)15-4-2-1-3-5-15/h6-11,15H,1-5H2. The fraction of sp³-hybridized carbons (Fsp3) is 0.400. The molecule has 0 saturated heterocycles. The van der Waals surface area contributed by atoms with Gasteiger partial charge in [-0.25, -0.2) is 0 Å². The highest BCUT2D eigenvalue weighted by Crippen LogP contribution is 2.29. The van der Waals surface area contributed by atoms with E-state index in [1.54, 1.807) is 0 Å². The molecule has 1 aromatic carbocycles. The van der Waals surface area contributed by atoms with E-state index in [1.807, 2.05) is 30.5 Å². The van der Waals surface area contributed by atoms with Crippen molar-refractivity contribution < 1.29 is 0 Å². The van der Waals surface area contributed by atoms with Crippen LogP contribution in [-0.2, 0) is 0 Å². The highest BCUT2D eigenvalue weighted by Gasteiger charge is 2.16. The topological polar surface area (TPSA) is 17.8 Å². The summed E-state index contributed by atoms with van der Waals surface area (Å²) in [6.07, 6.45) is 10.7. The number of hydrogen-bond acceptors (Lipinski definition) is 1. The Morgan fingerprint density at radius 3 is 2.44 bits per heavy atom. The van der Waals surface area contributed by atoms with Gasteiger partial charge >= 0.3 is 0 Å². The van der Waals surface area contributed by atoms with Crippen LogP contribution in [0.2, 0.25) is 5.02 Å². The van der Waals surface area contributed by atoms with Crippen LogP contribution in [0.3, 0.4) is 0 Å². The lowest BCUT2D eigenvalue weighted by atomic mass is 9.96. The lowest BCUT2D eigenvalue weighted by molar-refractivity contribution is 0.329. The van der Waals surface area contributed by atoms with Crippen molar-refractivity contribution in [1.82, 2.24) is 9.78 Å². The minimum Gasteiger partial charge on any atom is -0.269 e. The molecule has 18 heavy (non-hydrogen) atoms. The van der Waals surface area contributed by atoms with Gasteiger partial charge in [-0.3, -0.25) is 4.68 Å². The van der Waals surface area contributed by atoms with Crippen molar-refractivity contribution in [3.63, 3.8) is 0 Å². The number of halogens is 1. The SMILES string of the molecule is Clc1ccc(-c2cnn(C3CCCCC3)c2)cc1. The minimum absolute atomic E-state index is 0.597. The highest BCUT2D eigenvalue weighted by atomic mass is 35.5. The van der Waals surface area contributed by atoms with Gasteiger partial charge in [0.2, 0.25) is 0 Å². The Morgan fingerprint density at radius 1 is 1.00 bits per heavy atom. The van der Waals surface area contributed by atoms with Crippen LogP contribution in [0.1, 0.15) is 38.1 Å². The predicted octanol–water partition coefficient (Wildman–Crippen LogP) is 4.71. The van der Waals surface area contributed by atoms with E-state index in [-0.39, 0.29) is 0 Å². The second kappa shape index (κ2) is 5.15. The Bertz CT molecular complexity index is 510. The number of aromatic nitrogens is 2. The molecule has 1 aliphatic carbocycles. The normalized spacial score (nSPS) is 16.9. The zero-order chi connectivity index (χ0) is 12.4. The maximum atomic E-state index is 5.91. The Balaban J connectivity index is 1.82. The van der Waals surface area contributed by atoms with Gasteiger partial charge in [0.25, 0.3) is 0 Å². The molecular weight excluding hydrogens is 244 g/mol. The molecule has 1 aliphatic rings. The molecule has 1 aromatic heterocycles. The maximum Gasteiger partial charge on any atom is 0.0568 e. The Kier molecular flexibility index (Phi) is 3.37. The summed E-state index contributed by atoms with van der Waals surface area (Å²) in [5.74, 6) is 0. The maximum absolute atomic E-state index is 5.91. The number of rotatable bonds is 2. The summed E-state index contributed by atoms with van der Waals surface area (Å²) in [6, 6.07) is 8.54. The third-order valence-corrected chi connectivity index (χ3v) is 3.98. The van der Waals surface area contributed by atoms with Crippen molar-refractivity contribution in [1.29, 1.82) is 0 Å². The first-order valence-electron chi connectivity index (χ1n) is 6.63. The van der Waals surface area contributed by atoms with E-state index < -0.39 is 0 Å². The van der Waals surface area contributed by atoms with Crippen molar-refractivity contribution in [3.05, 3.63) is 41.7 Å². The van der Waals surface area contributed by atoms with Gasteiger partial charge in [0.1, 0.15) is 0 Å². The van der Waals surface area contributed by atoms with Crippen molar-refractivity contribution in [2.75, 3.05) is 0 Å². The molecule has 3 heteroatoms. The van der Waals surface area contributed by atoms with Crippen LogP contribution in [-0.4, -0.2) is 9.78 Å². The van der Waals surface area contributed by atoms with Gasteiger partial charge in [0.15, 0.2) is 0 Å². The summed E-state index contributed by atoms with van der Waals surface area (Å²) in [5.41, 5.74) is 2.36. The summed E-state index contributed by atoms with van der Waals surface area (Å²) >= 11 is 5.91. The van der Waals surface area contributed by atoms with Crippen molar-refractivity contribution in [3.8, 4) is 11.1 Å². The summed E-state index contributed by atoms with van der Waals surface area (Å²) in [5, 5.41) is 5.30. The first kappa shape index (κ1) is 11.8. The van der Waals surface area contributed by atoms with Crippen LogP contribution >= 0.6 is 11.6 Å². The van der Waals surface area contributed by atoms with Gasteiger partial charge in [0.05, 0.1) is 12.2 Å². The van der Waals surface area contributed by atoms with Gasteiger partial charge in [-0.2, -0.15) is 5.10 Å². The molecule has 0 unspecified atom stereocenters. The Morgan fingerprint density at radius 2 is 1.72 bits per heavy atom. The van der Waals surface area contributed by atoms with Crippen LogP contribution in [0, 0.1) is 0 Å². The van der Waals surface area contributed by atoms with E-state index in [9.17, 15) is 0 Å². The fourth-order valence-corrected chi connectivity index (χ4v) is 2.80. The van der Waals surface area contributed by atoms with Crippen LogP contribution in [0.5, 0.6) is 0 Å². The number of benzene rings is 1. The molecule has 0 aliphatic heterocycles. The summed E-state index contributed by atoms with van der Waals surface area (Å²) in [6.45, 7) is 0. The summed E-state index contributed by atoms with van der Waals surface area (Å²) in [7, 11) is 0. The van der Waals surface area contributed by atoms with Gasteiger partial charge in [-0.05, 0) is 30.5 Å². The van der Waals surface area contributed by atoms with Crippen LogP contribution < -0.4 is 0 Å². The van der Waals surface area contributed by atoms with E-state index in [1.165, 1.54) is 43.2 Å². The van der Waals surface area contributed by atoms with Gasteiger partial charge in [0, 0.05) is 16.8 Å². The van der Waals surface area contributed by atoms with Crippen LogP contribution in [0.25, 0.3) is 11.1 Å². The quantitative estimate of drug-likeness (QED) is 0.765. The molecule has 2 nitrogen and oxygen atoms in total. The van der Waals surface area contributed by atoms with Crippen molar-refractivity contribution >= 4 is 11.6 Å². The molecule has 0 radical (unpaired) electrons. The first-order chi connectivity index (χ1) is 8.83. The average molecular weight is 261 g/mol. The zero-order valence-electron chi connectivity index (χ0n) is 10.3. The molecule has 94 valence electrons. The summed E-state index contributed by atoms with van der Waals surface area (Å²) < 4.78 is 2.14. The number of hydrogen-bond donors (Lipinski definition) is 0. The van der Waals surface area contributed by atoms with E-state index in [0.29, 0.717) is 6.04 Å². The second-order valence-corrected chi connectivity index (χ2v) is 5.44. The first-order valence-corrected chi connectivity index (χ1v) is 7.01. The van der Waals surface area contributed by atoms with E-state index >= 15 is 0 Å². The van der Waals surface area contributed by atoms with Crippen molar-refractivity contribution in [2.45, 2.75) is 38.1 Å². The molecule has 0 N–H and O–H groups in total. The van der Waals surface area contributed by atoms with E-state index in [4.69, 9.17) is 11.6 Å². The summed E-state index contributed by atoms with van der Waals surface area (Å²) in [4.78, 5) is 0. The van der Waals surface area contributed by atoms with Crippen molar-refractivity contribution in [2.24, 2.45) is 0 Å². The Hall–Kier alpha value is -1.28. The largest absolute Gasteiger partial charge is 0.269 e. The molecule has 1 fully saturated rings. The van der Waals surface area contributed by atoms with E-state index in [2.05, 4.69) is 16.0 Å². The predicted molar refractivity (Wildman–Crippen MR) is 74.8 cm³/mol. The molecule has 1 heterocycles. The smallest absolute Gasteiger partial charge is 0.0568 e. The lowest BCUT2D eigenvalue weighted by Crippen LogP contribution is -2.12. The molecule has 2 aromatic rings. The minimum atomic E-state index is 0.597. The highest BCUT2D eigenvalue weighted by molar-refractivity contribution is 6.30.